The molecule has 1 aromatic rings. The summed E-state index contributed by atoms with van der Waals surface area (Å²) in [5, 5.41) is 2.62. The molecular formula is C16H22N2O4S. The van der Waals surface area contributed by atoms with E-state index in [1.165, 1.54) is 4.31 Å². The predicted octanol–water partition coefficient (Wildman–Crippen LogP) is 0.909. The van der Waals surface area contributed by atoms with E-state index in [0.29, 0.717) is 29.9 Å². The van der Waals surface area contributed by atoms with Crippen molar-refractivity contribution in [1.29, 1.82) is 0 Å². The minimum atomic E-state index is -3.65. The number of hydrogen-bond donors (Lipinski definition) is 1. The molecule has 0 spiro atoms. The van der Waals surface area contributed by atoms with Gasteiger partial charge in [-0.25, -0.2) is 8.42 Å². The number of fused-ring (bicyclic) bond motifs is 1. The van der Waals surface area contributed by atoms with Crippen molar-refractivity contribution in [2.75, 3.05) is 20.2 Å². The third kappa shape index (κ3) is 2.88. The van der Waals surface area contributed by atoms with Crippen LogP contribution >= 0.6 is 0 Å². The van der Waals surface area contributed by atoms with Crippen LogP contribution in [-0.2, 0) is 19.6 Å². The molecule has 3 atom stereocenters. The minimum absolute atomic E-state index is 0.135. The summed E-state index contributed by atoms with van der Waals surface area (Å²) in [7, 11) is -2.07. The molecule has 3 rings (SSSR count). The largest absolute Gasteiger partial charge is 0.376 e. The highest BCUT2D eigenvalue weighted by molar-refractivity contribution is 7.89. The number of nitrogens with zero attached hydrogens (tertiary/aromatic N) is 1. The van der Waals surface area contributed by atoms with Gasteiger partial charge in [0.15, 0.2) is 0 Å². The van der Waals surface area contributed by atoms with Gasteiger partial charge in [0.1, 0.15) is 0 Å². The lowest BCUT2D eigenvalue weighted by Gasteiger charge is -2.39. The van der Waals surface area contributed by atoms with Crippen LogP contribution in [0.15, 0.2) is 29.2 Å². The molecule has 2 aliphatic heterocycles. The van der Waals surface area contributed by atoms with E-state index < -0.39 is 10.0 Å². The molecule has 1 amide bonds. The highest BCUT2D eigenvalue weighted by Gasteiger charge is 2.47. The summed E-state index contributed by atoms with van der Waals surface area (Å²) < 4.78 is 33.5. The summed E-state index contributed by atoms with van der Waals surface area (Å²) >= 11 is 0. The standard InChI is InChI=1S/C16H22N2O4S/c1-11-5-3-4-6-15(11)23(20,21)18-10-12(16(19)17-2)9-14-13(18)7-8-22-14/h3-6,12-14H,7-10H2,1-2H3,(H,17,19)/t12-,13+,14+/m0/s1. The zero-order valence-corrected chi connectivity index (χ0v) is 14.2. The van der Waals surface area contributed by atoms with E-state index in [9.17, 15) is 13.2 Å². The van der Waals surface area contributed by atoms with Crippen molar-refractivity contribution in [3.05, 3.63) is 29.8 Å². The number of aryl methyl sites for hydroxylation is 1. The smallest absolute Gasteiger partial charge is 0.243 e. The fraction of sp³-hybridized carbons (Fsp3) is 0.562. The van der Waals surface area contributed by atoms with Gasteiger partial charge < -0.3 is 10.1 Å². The van der Waals surface area contributed by atoms with E-state index in [1.54, 1.807) is 32.2 Å². The molecule has 2 saturated heterocycles. The molecule has 0 aliphatic carbocycles. The topological polar surface area (TPSA) is 75.7 Å². The molecule has 0 aromatic heterocycles. The average molecular weight is 338 g/mol. The Kier molecular flexibility index (Phi) is 4.44. The van der Waals surface area contributed by atoms with E-state index in [0.717, 1.165) is 0 Å². The second kappa shape index (κ2) is 6.22. The zero-order chi connectivity index (χ0) is 16.6. The Morgan fingerprint density at radius 2 is 2.09 bits per heavy atom. The fourth-order valence-electron chi connectivity index (χ4n) is 3.54. The van der Waals surface area contributed by atoms with E-state index in [2.05, 4.69) is 5.32 Å². The summed E-state index contributed by atoms with van der Waals surface area (Å²) in [6.07, 6.45) is 1.05. The number of ether oxygens (including phenoxy) is 1. The van der Waals surface area contributed by atoms with E-state index in [1.807, 2.05) is 6.07 Å². The normalized spacial score (nSPS) is 28.3. The highest BCUT2D eigenvalue weighted by atomic mass is 32.2. The van der Waals surface area contributed by atoms with Crippen LogP contribution in [0, 0.1) is 12.8 Å². The molecule has 126 valence electrons. The van der Waals surface area contributed by atoms with Gasteiger partial charge in [0.05, 0.1) is 23.0 Å². The van der Waals surface area contributed by atoms with Crippen LogP contribution < -0.4 is 5.32 Å². The zero-order valence-electron chi connectivity index (χ0n) is 13.4. The van der Waals surface area contributed by atoms with Crippen LogP contribution in [0.25, 0.3) is 0 Å². The Hall–Kier alpha value is -1.44. The van der Waals surface area contributed by atoms with Crippen molar-refractivity contribution in [1.82, 2.24) is 9.62 Å². The number of hydrogen-bond acceptors (Lipinski definition) is 4. The quantitative estimate of drug-likeness (QED) is 0.889. The lowest BCUT2D eigenvalue weighted by Crippen LogP contribution is -2.54. The number of nitrogens with one attached hydrogen (secondary N) is 1. The summed E-state index contributed by atoms with van der Waals surface area (Å²) in [5.74, 6) is -0.512. The fourth-order valence-corrected chi connectivity index (χ4v) is 5.49. The Labute approximate surface area is 136 Å². The Bertz CT molecular complexity index is 704. The van der Waals surface area contributed by atoms with E-state index in [4.69, 9.17) is 4.74 Å². The summed E-state index contributed by atoms with van der Waals surface area (Å²) in [4.78, 5) is 12.4. The Morgan fingerprint density at radius 1 is 1.35 bits per heavy atom. The molecule has 2 fully saturated rings. The third-order valence-corrected chi connectivity index (χ3v) is 6.81. The van der Waals surface area contributed by atoms with E-state index in [-0.39, 0.29) is 30.5 Å². The van der Waals surface area contributed by atoms with Crippen LogP contribution in [0.1, 0.15) is 18.4 Å². The number of piperidine rings is 1. The molecule has 0 saturated carbocycles. The molecule has 1 aromatic carbocycles. The van der Waals surface area contributed by atoms with Gasteiger partial charge >= 0.3 is 0 Å². The number of sulfonamides is 1. The molecule has 0 unspecified atom stereocenters. The van der Waals surface area contributed by atoms with Crippen LogP contribution in [-0.4, -0.2) is 51.0 Å². The average Bonchev–Trinajstić information content (AvgIpc) is 3.01. The van der Waals surface area contributed by atoms with Gasteiger partial charge in [0, 0.05) is 20.2 Å². The van der Waals surface area contributed by atoms with Gasteiger partial charge in [0.2, 0.25) is 15.9 Å². The monoisotopic (exact) mass is 338 g/mol. The number of carbonyl (C=O) groups excluding carboxylic acids is 1. The second-order valence-electron chi connectivity index (χ2n) is 6.15. The first kappa shape index (κ1) is 16.4. The van der Waals surface area contributed by atoms with E-state index >= 15 is 0 Å². The van der Waals surface area contributed by atoms with Gasteiger partial charge in [-0.1, -0.05) is 18.2 Å². The Balaban J connectivity index is 1.98. The molecule has 0 bridgehead atoms. The minimum Gasteiger partial charge on any atom is -0.376 e. The maximum absolute atomic E-state index is 13.1. The van der Waals surface area contributed by atoms with Crippen molar-refractivity contribution in [2.45, 2.75) is 36.8 Å². The number of amides is 1. The van der Waals surface area contributed by atoms with Crippen molar-refractivity contribution >= 4 is 15.9 Å². The predicted molar refractivity (Wildman–Crippen MR) is 85.4 cm³/mol. The maximum atomic E-state index is 13.1. The first-order valence-electron chi connectivity index (χ1n) is 7.86. The van der Waals surface area contributed by atoms with Crippen molar-refractivity contribution < 1.29 is 17.9 Å². The van der Waals surface area contributed by atoms with Gasteiger partial charge in [-0.05, 0) is 31.4 Å². The third-order valence-electron chi connectivity index (χ3n) is 4.76. The lowest BCUT2D eigenvalue weighted by molar-refractivity contribution is -0.127. The molecule has 7 heteroatoms. The Morgan fingerprint density at radius 3 is 2.78 bits per heavy atom. The maximum Gasteiger partial charge on any atom is 0.243 e. The number of benzene rings is 1. The molecule has 2 aliphatic rings. The van der Waals surface area contributed by atoms with Crippen molar-refractivity contribution in [2.24, 2.45) is 5.92 Å². The van der Waals surface area contributed by atoms with Gasteiger partial charge in [0.25, 0.3) is 0 Å². The molecule has 0 radical (unpaired) electrons. The van der Waals surface area contributed by atoms with Crippen molar-refractivity contribution in [3.8, 4) is 0 Å². The highest BCUT2D eigenvalue weighted by Crippen LogP contribution is 2.35. The van der Waals surface area contributed by atoms with Gasteiger partial charge in [-0.3, -0.25) is 4.79 Å². The number of rotatable bonds is 3. The molecule has 23 heavy (non-hydrogen) atoms. The summed E-state index contributed by atoms with van der Waals surface area (Å²) in [5.41, 5.74) is 0.713. The number of carbonyl (C=O) groups is 1. The first-order valence-corrected chi connectivity index (χ1v) is 9.30. The van der Waals surface area contributed by atoms with Gasteiger partial charge in [-0.2, -0.15) is 4.31 Å². The van der Waals surface area contributed by atoms with Gasteiger partial charge in [-0.15, -0.1) is 0 Å². The SMILES string of the molecule is CNC(=O)[C@H]1C[C@H]2OCC[C@H]2N(S(=O)(=O)c2ccccc2C)C1. The van der Waals surface area contributed by atoms with Crippen LogP contribution in [0.5, 0.6) is 0 Å². The summed E-state index contributed by atoms with van der Waals surface area (Å²) in [6.45, 7) is 2.53. The molecule has 1 N–H and O–H groups in total. The van der Waals surface area contributed by atoms with Crippen LogP contribution in [0.4, 0.5) is 0 Å². The van der Waals surface area contributed by atoms with Crippen LogP contribution in [0.3, 0.4) is 0 Å². The molecule has 2 heterocycles. The second-order valence-corrected chi connectivity index (χ2v) is 8.01. The molecule has 6 nitrogen and oxygen atoms in total. The lowest BCUT2D eigenvalue weighted by atomic mass is 9.91. The molecular weight excluding hydrogens is 316 g/mol. The van der Waals surface area contributed by atoms with Crippen LogP contribution in [0.2, 0.25) is 0 Å². The summed E-state index contributed by atoms with van der Waals surface area (Å²) in [6, 6.07) is 6.78. The first-order chi connectivity index (χ1) is 10.9. The van der Waals surface area contributed by atoms with Crippen molar-refractivity contribution in [3.63, 3.8) is 0 Å².